The van der Waals surface area contributed by atoms with Gasteiger partial charge in [-0.1, -0.05) is 41.9 Å². The van der Waals surface area contributed by atoms with Crippen molar-refractivity contribution < 1.29 is 4.74 Å². The molecule has 1 N–H and O–H groups in total. The lowest BCUT2D eigenvalue weighted by Crippen LogP contribution is -2.30. The van der Waals surface area contributed by atoms with Crippen molar-refractivity contribution in [1.29, 1.82) is 0 Å². The highest BCUT2D eigenvalue weighted by molar-refractivity contribution is 9.10. The SMILES string of the molecule is CCOCC(CNCC(C)C)Cc1cccc(Br)c1. The number of hydrogen-bond donors (Lipinski definition) is 1. The average Bonchev–Trinajstić information content (AvgIpc) is 2.35. The number of benzene rings is 1. The zero-order valence-corrected chi connectivity index (χ0v) is 13.9. The number of ether oxygens (including phenoxy) is 1. The molecule has 1 unspecified atom stereocenters. The zero-order chi connectivity index (χ0) is 14.1. The van der Waals surface area contributed by atoms with Crippen molar-refractivity contribution in [3.8, 4) is 0 Å². The molecule has 0 aromatic heterocycles. The van der Waals surface area contributed by atoms with Crippen LogP contribution in [0.25, 0.3) is 0 Å². The molecular weight excluding hydrogens is 302 g/mol. The predicted molar refractivity (Wildman–Crippen MR) is 85.5 cm³/mol. The van der Waals surface area contributed by atoms with E-state index in [4.69, 9.17) is 4.74 Å². The topological polar surface area (TPSA) is 21.3 Å². The molecule has 0 fully saturated rings. The van der Waals surface area contributed by atoms with Crippen LogP contribution in [0.5, 0.6) is 0 Å². The van der Waals surface area contributed by atoms with Crippen LogP contribution in [-0.2, 0) is 11.2 Å². The molecule has 0 saturated carbocycles. The van der Waals surface area contributed by atoms with Crippen molar-refractivity contribution in [2.24, 2.45) is 11.8 Å². The molecule has 0 aliphatic heterocycles. The monoisotopic (exact) mass is 327 g/mol. The van der Waals surface area contributed by atoms with E-state index in [0.717, 1.165) is 37.2 Å². The fourth-order valence-electron chi connectivity index (χ4n) is 2.05. The van der Waals surface area contributed by atoms with E-state index in [-0.39, 0.29) is 0 Å². The molecule has 1 aromatic rings. The van der Waals surface area contributed by atoms with Crippen LogP contribution in [0, 0.1) is 11.8 Å². The summed E-state index contributed by atoms with van der Waals surface area (Å²) in [5.41, 5.74) is 1.37. The predicted octanol–water partition coefficient (Wildman–Crippen LogP) is 3.89. The van der Waals surface area contributed by atoms with Gasteiger partial charge in [-0.3, -0.25) is 0 Å². The first-order valence-electron chi connectivity index (χ1n) is 7.14. The first-order chi connectivity index (χ1) is 9.11. The standard InChI is InChI=1S/C16H26BrNO/c1-4-19-12-15(11-18-10-13(2)3)8-14-6-5-7-16(17)9-14/h5-7,9,13,15,18H,4,8,10-12H2,1-3H3. The molecule has 1 atom stereocenters. The largest absolute Gasteiger partial charge is 0.381 e. The maximum Gasteiger partial charge on any atom is 0.0509 e. The third-order valence-electron chi connectivity index (χ3n) is 2.96. The molecule has 0 aliphatic carbocycles. The molecule has 0 aliphatic rings. The number of hydrogen-bond acceptors (Lipinski definition) is 2. The molecule has 0 bridgehead atoms. The summed E-state index contributed by atoms with van der Waals surface area (Å²) >= 11 is 3.53. The molecule has 3 heteroatoms. The number of nitrogens with one attached hydrogen (secondary N) is 1. The third-order valence-corrected chi connectivity index (χ3v) is 3.45. The molecule has 2 nitrogen and oxygen atoms in total. The van der Waals surface area contributed by atoms with Crippen LogP contribution in [0.2, 0.25) is 0 Å². The van der Waals surface area contributed by atoms with Crippen molar-refractivity contribution in [3.63, 3.8) is 0 Å². The third kappa shape index (κ3) is 7.71. The lowest BCUT2D eigenvalue weighted by Gasteiger charge is -2.18. The summed E-state index contributed by atoms with van der Waals surface area (Å²) in [7, 11) is 0. The van der Waals surface area contributed by atoms with E-state index in [0.29, 0.717) is 11.8 Å². The van der Waals surface area contributed by atoms with Gasteiger partial charge in [0.1, 0.15) is 0 Å². The number of halogens is 1. The van der Waals surface area contributed by atoms with Gasteiger partial charge in [0.25, 0.3) is 0 Å². The van der Waals surface area contributed by atoms with Gasteiger partial charge in [0.05, 0.1) is 6.61 Å². The molecule has 1 aromatic carbocycles. The van der Waals surface area contributed by atoms with Gasteiger partial charge in [0, 0.05) is 17.6 Å². The van der Waals surface area contributed by atoms with Gasteiger partial charge < -0.3 is 10.1 Å². The minimum atomic E-state index is 0.535. The van der Waals surface area contributed by atoms with Crippen LogP contribution in [0.4, 0.5) is 0 Å². The maximum atomic E-state index is 5.60. The Morgan fingerprint density at radius 3 is 2.68 bits per heavy atom. The zero-order valence-electron chi connectivity index (χ0n) is 12.3. The van der Waals surface area contributed by atoms with E-state index in [9.17, 15) is 0 Å². The lowest BCUT2D eigenvalue weighted by atomic mass is 10.00. The van der Waals surface area contributed by atoms with Crippen LogP contribution in [0.15, 0.2) is 28.7 Å². The van der Waals surface area contributed by atoms with Crippen LogP contribution < -0.4 is 5.32 Å². The van der Waals surface area contributed by atoms with Crippen molar-refractivity contribution in [1.82, 2.24) is 5.32 Å². The summed E-state index contributed by atoms with van der Waals surface area (Å²) in [5, 5.41) is 3.54. The minimum absolute atomic E-state index is 0.535. The second kappa shape index (κ2) is 9.51. The molecule has 0 spiro atoms. The Morgan fingerprint density at radius 2 is 2.05 bits per heavy atom. The molecular formula is C16H26BrNO. The van der Waals surface area contributed by atoms with E-state index < -0.39 is 0 Å². The Hall–Kier alpha value is -0.380. The van der Waals surface area contributed by atoms with E-state index in [1.54, 1.807) is 0 Å². The molecule has 0 saturated heterocycles. The summed E-state index contributed by atoms with van der Waals surface area (Å²) in [5.74, 6) is 1.23. The van der Waals surface area contributed by atoms with Crippen LogP contribution >= 0.6 is 15.9 Å². The van der Waals surface area contributed by atoms with Crippen molar-refractivity contribution in [3.05, 3.63) is 34.3 Å². The van der Waals surface area contributed by atoms with Gasteiger partial charge in [0.2, 0.25) is 0 Å². The normalized spacial score (nSPS) is 12.9. The average molecular weight is 328 g/mol. The number of rotatable bonds is 9. The second-order valence-electron chi connectivity index (χ2n) is 5.41. The summed E-state index contributed by atoms with van der Waals surface area (Å²) in [6, 6.07) is 8.55. The Kier molecular flexibility index (Phi) is 8.35. The smallest absolute Gasteiger partial charge is 0.0509 e. The Balaban J connectivity index is 2.48. The maximum absolute atomic E-state index is 5.60. The fourth-order valence-corrected chi connectivity index (χ4v) is 2.49. The first-order valence-corrected chi connectivity index (χ1v) is 7.94. The summed E-state index contributed by atoms with van der Waals surface area (Å²) in [4.78, 5) is 0. The Morgan fingerprint density at radius 1 is 1.26 bits per heavy atom. The molecule has 1 rings (SSSR count). The first kappa shape index (κ1) is 16.7. The highest BCUT2D eigenvalue weighted by Crippen LogP contribution is 2.15. The lowest BCUT2D eigenvalue weighted by molar-refractivity contribution is 0.109. The van der Waals surface area contributed by atoms with Crippen LogP contribution in [-0.4, -0.2) is 26.3 Å². The van der Waals surface area contributed by atoms with E-state index in [1.165, 1.54) is 5.56 Å². The van der Waals surface area contributed by atoms with Gasteiger partial charge in [0.15, 0.2) is 0 Å². The molecule has 19 heavy (non-hydrogen) atoms. The van der Waals surface area contributed by atoms with E-state index in [2.05, 4.69) is 66.3 Å². The summed E-state index contributed by atoms with van der Waals surface area (Å²) < 4.78 is 6.75. The van der Waals surface area contributed by atoms with Crippen molar-refractivity contribution >= 4 is 15.9 Å². The second-order valence-corrected chi connectivity index (χ2v) is 6.33. The summed E-state index contributed by atoms with van der Waals surface area (Å²) in [6.07, 6.45) is 1.06. The van der Waals surface area contributed by atoms with Gasteiger partial charge in [-0.05, 0) is 49.4 Å². The van der Waals surface area contributed by atoms with Crippen molar-refractivity contribution in [2.75, 3.05) is 26.3 Å². The Bertz CT molecular complexity index is 354. The van der Waals surface area contributed by atoms with Gasteiger partial charge in [-0.25, -0.2) is 0 Å². The molecule has 108 valence electrons. The van der Waals surface area contributed by atoms with Crippen molar-refractivity contribution in [2.45, 2.75) is 27.2 Å². The minimum Gasteiger partial charge on any atom is -0.381 e. The molecule has 0 heterocycles. The summed E-state index contributed by atoms with van der Waals surface area (Å²) in [6.45, 7) is 10.2. The van der Waals surface area contributed by atoms with E-state index >= 15 is 0 Å². The highest BCUT2D eigenvalue weighted by Gasteiger charge is 2.10. The molecule has 0 amide bonds. The van der Waals surface area contributed by atoms with Gasteiger partial charge in [-0.15, -0.1) is 0 Å². The van der Waals surface area contributed by atoms with Gasteiger partial charge >= 0.3 is 0 Å². The van der Waals surface area contributed by atoms with Crippen LogP contribution in [0.1, 0.15) is 26.3 Å². The van der Waals surface area contributed by atoms with Gasteiger partial charge in [-0.2, -0.15) is 0 Å². The highest BCUT2D eigenvalue weighted by atomic mass is 79.9. The quantitative estimate of drug-likeness (QED) is 0.742. The van der Waals surface area contributed by atoms with Crippen LogP contribution in [0.3, 0.4) is 0 Å². The molecule has 0 radical (unpaired) electrons. The fraction of sp³-hybridized carbons (Fsp3) is 0.625. The van der Waals surface area contributed by atoms with E-state index in [1.807, 2.05) is 0 Å². The Labute approximate surface area is 126 Å².